The van der Waals surface area contributed by atoms with Crippen LogP contribution in [0.1, 0.15) is 23.3 Å². The van der Waals surface area contributed by atoms with Gasteiger partial charge >= 0.3 is 0 Å². The monoisotopic (exact) mass is 276 g/mol. The molecule has 0 spiro atoms. The predicted molar refractivity (Wildman–Crippen MR) is 79.4 cm³/mol. The first-order chi connectivity index (χ1) is 9.27. The fraction of sp³-hybridized carbons (Fsp3) is 0.533. The predicted octanol–water partition coefficient (Wildman–Crippen LogP) is 1.84. The minimum atomic E-state index is 0.00509. The van der Waals surface area contributed by atoms with Gasteiger partial charge in [-0.25, -0.2) is 0 Å². The summed E-state index contributed by atoms with van der Waals surface area (Å²) >= 11 is 1.80. The van der Waals surface area contributed by atoms with Crippen LogP contribution in [0.4, 0.5) is 0 Å². The molecule has 102 valence electrons. The molecule has 1 saturated heterocycles. The number of nitrogens with zero attached hydrogens (tertiary/aromatic N) is 1. The summed E-state index contributed by atoms with van der Waals surface area (Å²) in [6, 6.07) is 8.71. The standard InChI is InChI=1S/C15H20N2OS/c1-11-10-16-7-8-17(11)15(18)14-13-5-3-2-4-12(13)6-9-19-14/h2-5,11,14,16H,6-10H2,1H3/t11-,14+/m1/s1. The number of benzene rings is 1. The molecule has 1 fully saturated rings. The van der Waals surface area contributed by atoms with Gasteiger partial charge in [-0.1, -0.05) is 24.3 Å². The Morgan fingerprint density at radius 1 is 1.42 bits per heavy atom. The Balaban J connectivity index is 1.84. The first-order valence-electron chi connectivity index (χ1n) is 6.98. The van der Waals surface area contributed by atoms with Crippen LogP contribution >= 0.6 is 11.8 Å². The topological polar surface area (TPSA) is 32.3 Å². The molecule has 1 aromatic rings. The molecular weight excluding hydrogens is 256 g/mol. The van der Waals surface area contributed by atoms with Gasteiger partial charge in [0.25, 0.3) is 0 Å². The molecule has 0 radical (unpaired) electrons. The van der Waals surface area contributed by atoms with Crippen molar-refractivity contribution in [2.75, 3.05) is 25.4 Å². The smallest absolute Gasteiger partial charge is 0.240 e. The highest BCUT2D eigenvalue weighted by Crippen LogP contribution is 2.38. The van der Waals surface area contributed by atoms with E-state index in [9.17, 15) is 4.79 Å². The zero-order valence-electron chi connectivity index (χ0n) is 11.3. The number of aryl methyl sites for hydroxylation is 1. The number of thioether (sulfide) groups is 1. The van der Waals surface area contributed by atoms with E-state index in [2.05, 4.69) is 35.3 Å². The summed E-state index contributed by atoms with van der Waals surface area (Å²) in [7, 11) is 0. The van der Waals surface area contributed by atoms with Gasteiger partial charge in [0.2, 0.25) is 5.91 Å². The molecule has 4 heteroatoms. The maximum atomic E-state index is 12.8. The average molecular weight is 276 g/mol. The molecular formula is C15H20N2OS. The highest BCUT2D eigenvalue weighted by Gasteiger charge is 2.33. The van der Waals surface area contributed by atoms with E-state index in [1.165, 1.54) is 11.1 Å². The number of hydrogen-bond donors (Lipinski definition) is 1. The quantitative estimate of drug-likeness (QED) is 0.849. The second kappa shape index (κ2) is 5.55. The van der Waals surface area contributed by atoms with E-state index in [4.69, 9.17) is 0 Å². The lowest BCUT2D eigenvalue weighted by Gasteiger charge is -2.37. The van der Waals surface area contributed by atoms with Crippen LogP contribution in [0, 0.1) is 0 Å². The number of nitrogens with one attached hydrogen (secondary N) is 1. The number of rotatable bonds is 1. The van der Waals surface area contributed by atoms with E-state index in [0.29, 0.717) is 11.9 Å². The van der Waals surface area contributed by atoms with Gasteiger partial charge in [-0.05, 0) is 30.2 Å². The van der Waals surface area contributed by atoms with Crippen molar-refractivity contribution in [1.29, 1.82) is 0 Å². The second-order valence-electron chi connectivity index (χ2n) is 5.28. The molecule has 2 heterocycles. The molecule has 2 atom stereocenters. The molecule has 0 aromatic heterocycles. The Bertz CT molecular complexity index is 477. The van der Waals surface area contributed by atoms with E-state index in [-0.39, 0.29) is 5.25 Å². The summed E-state index contributed by atoms with van der Waals surface area (Å²) in [6.07, 6.45) is 1.09. The molecule has 0 aliphatic carbocycles. The number of fused-ring (bicyclic) bond motifs is 1. The number of carbonyl (C=O) groups is 1. The van der Waals surface area contributed by atoms with Crippen molar-refractivity contribution in [3.8, 4) is 0 Å². The first kappa shape index (κ1) is 13.0. The molecule has 0 bridgehead atoms. The second-order valence-corrected chi connectivity index (χ2v) is 6.50. The summed E-state index contributed by atoms with van der Waals surface area (Å²) in [5, 5.41) is 3.35. The zero-order chi connectivity index (χ0) is 13.2. The largest absolute Gasteiger partial charge is 0.336 e. The van der Waals surface area contributed by atoms with Crippen molar-refractivity contribution in [2.45, 2.75) is 24.6 Å². The normalized spacial score (nSPS) is 26.9. The van der Waals surface area contributed by atoms with Crippen molar-refractivity contribution in [3.05, 3.63) is 35.4 Å². The van der Waals surface area contributed by atoms with Gasteiger partial charge in [0.1, 0.15) is 5.25 Å². The van der Waals surface area contributed by atoms with Gasteiger partial charge in [0, 0.05) is 25.7 Å². The third-order valence-corrected chi connectivity index (χ3v) is 5.23. The van der Waals surface area contributed by atoms with Crippen LogP contribution in [-0.4, -0.2) is 42.2 Å². The van der Waals surface area contributed by atoms with Gasteiger partial charge in [-0.15, -0.1) is 11.8 Å². The SMILES string of the molecule is C[C@@H]1CNCCN1C(=O)[C@H]1SCCc2ccccc21. The summed E-state index contributed by atoms with van der Waals surface area (Å²) in [5.41, 5.74) is 2.58. The van der Waals surface area contributed by atoms with E-state index in [1.54, 1.807) is 11.8 Å². The van der Waals surface area contributed by atoms with Crippen LogP contribution in [0.2, 0.25) is 0 Å². The van der Waals surface area contributed by atoms with Crippen molar-refractivity contribution in [2.24, 2.45) is 0 Å². The van der Waals surface area contributed by atoms with Crippen LogP contribution < -0.4 is 5.32 Å². The average Bonchev–Trinajstić information content (AvgIpc) is 2.46. The molecule has 1 N–H and O–H groups in total. The van der Waals surface area contributed by atoms with E-state index in [0.717, 1.165) is 31.8 Å². The number of hydrogen-bond acceptors (Lipinski definition) is 3. The van der Waals surface area contributed by atoms with Gasteiger partial charge in [-0.2, -0.15) is 0 Å². The Kier molecular flexibility index (Phi) is 3.80. The third kappa shape index (κ3) is 2.51. The van der Waals surface area contributed by atoms with Gasteiger partial charge in [0.15, 0.2) is 0 Å². The maximum absolute atomic E-state index is 12.8. The van der Waals surface area contributed by atoms with Crippen LogP contribution in [0.3, 0.4) is 0 Å². The lowest BCUT2D eigenvalue weighted by molar-refractivity contribution is -0.133. The highest BCUT2D eigenvalue weighted by atomic mass is 32.2. The Labute approximate surface area is 118 Å². The highest BCUT2D eigenvalue weighted by molar-refractivity contribution is 8.00. The van der Waals surface area contributed by atoms with Crippen LogP contribution in [0.5, 0.6) is 0 Å². The number of piperazine rings is 1. The number of carbonyl (C=O) groups excluding carboxylic acids is 1. The van der Waals surface area contributed by atoms with E-state index in [1.807, 2.05) is 6.07 Å². The first-order valence-corrected chi connectivity index (χ1v) is 8.03. The fourth-order valence-corrected chi connectivity index (χ4v) is 4.18. The van der Waals surface area contributed by atoms with Gasteiger partial charge in [-0.3, -0.25) is 4.79 Å². The van der Waals surface area contributed by atoms with Gasteiger partial charge in [0.05, 0.1) is 0 Å². The summed E-state index contributed by atoms with van der Waals surface area (Å²) in [5.74, 6) is 1.35. The molecule has 19 heavy (non-hydrogen) atoms. The maximum Gasteiger partial charge on any atom is 0.240 e. The van der Waals surface area contributed by atoms with Gasteiger partial charge < -0.3 is 10.2 Å². The lowest BCUT2D eigenvalue weighted by atomic mass is 10.00. The molecule has 2 aliphatic rings. The summed E-state index contributed by atoms with van der Waals surface area (Å²) < 4.78 is 0. The lowest BCUT2D eigenvalue weighted by Crippen LogP contribution is -2.53. The van der Waals surface area contributed by atoms with Crippen molar-refractivity contribution in [1.82, 2.24) is 10.2 Å². The van der Waals surface area contributed by atoms with E-state index >= 15 is 0 Å². The molecule has 3 rings (SSSR count). The molecule has 0 unspecified atom stereocenters. The molecule has 0 saturated carbocycles. The van der Waals surface area contributed by atoms with Crippen LogP contribution in [-0.2, 0) is 11.2 Å². The van der Waals surface area contributed by atoms with E-state index < -0.39 is 0 Å². The molecule has 1 aromatic carbocycles. The number of amides is 1. The third-order valence-electron chi connectivity index (χ3n) is 4.00. The molecule has 3 nitrogen and oxygen atoms in total. The Morgan fingerprint density at radius 2 is 2.26 bits per heavy atom. The van der Waals surface area contributed by atoms with Crippen molar-refractivity contribution >= 4 is 17.7 Å². The molecule has 2 aliphatic heterocycles. The Morgan fingerprint density at radius 3 is 3.11 bits per heavy atom. The minimum Gasteiger partial charge on any atom is -0.336 e. The minimum absolute atomic E-state index is 0.00509. The summed E-state index contributed by atoms with van der Waals surface area (Å²) in [4.78, 5) is 14.9. The zero-order valence-corrected chi connectivity index (χ0v) is 12.1. The Hall–Kier alpha value is -1.00. The van der Waals surface area contributed by atoms with Crippen molar-refractivity contribution in [3.63, 3.8) is 0 Å². The van der Waals surface area contributed by atoms with Crippen LogP contribution in [0.15, 0.2) is 24.3 Å². The fourth-order valence-electron chi connectivity index (χ4n) is 2.92. The van der Waals surface area contributed by atoms with Crippen LogP contribution in [0.25, 0.3) is 0 Å². The summed E-state index contributed by atoms with van der Waals surface area (Å²) in [6.45, 7) is 4.78. The molecule has 1 amide bonds. The van der Waals surface area contributed by atoms with Crippen molar-refractivity contribution < 1.29 is 4.79 Å².